The summed E-state index contributed by atoms with van der Waals surface area (Å²) in [6, 6.07) is 8.46. The van der Waals surface area contributed by atoms with Gasteiger partial charge in [-0.15, -0.1) is 0 Å². The molecule has 0 spiro atoms. The van der Waals surface area contributed by atoms with Crippen LogP contribution in [0.5, 0.6) is 0 Å². The summed E-state index contributed by atoms with van der Waals surface area (Å²) in [6.07, 6.45) is 5.39. The van der Waals surface area contributed by atoms with Crippen molar-refractivity contribution in [2.75, 3.05) is 32.1 Å². The smallest absolute Gasteiger partial charge is 0.322 e. The zero-order valence-electron chi connectivity index (χ0n) is 17.7. The highest BCUT2D eigenvalue weighted by atomic mass is 35.5. The fourth-order valence-electron chi connectivity index (χ4n) is 4.71. The van der Waals surface area contributed by atoms with Crippen LogP contribution in [-0.2, 0) is 11.3 Å². The summed E-state index contributed by atoms with van der Waals surface area (Å²) < 4.78 is 1.35. The first-order valence-electron chi connectivity index (χ1n) is 10.3. The van der Waals surface area contributed by atoms with Gasteiger partial charge in [-0.1, -0.05) is 23.7 Å². The Hall–Kier alpha value is -2.38. The second kappa shape index (κ2) is 8.40. The molecule has 0 bridgehead atoms. The second-order valence-corrected chi connectivity index (χ2v) is 9.03. The van der Waals surface area contributed by atoms with Crippen molar-refractivity contribution in [3.63, 3.8) is 0 Å². The number of carbonyl (C=O) groups is 2. The highest BCUT2D eigenvalue weighted by molar-refractivity contribution is 6.30. The summed E-state index contributed by atoms with van der Waals surface area (Å²) in [4.78, 5) is 30.2. The molecule has 1 aromatic heterocycles. The molecule has 2 fully saturated rings. The van der Waals surface area contributed by atoms with Crippen LogP contribution in [0.3, 0.4) is 0 Å². The Balaban J connectivity index is 1.32. The topological polar surface area (TPSA) is 61.7 Å². The van der Waals surface area contributed by atoms with Gasteiger partial charge in [0.15, 0.2) is 0 Å². The standard InChI is InChI=1S/C22H28ClN5O2/c1-15(29)26(3)21-10-24-28(14-21)22(30)27-12-17-8-20(9-18(17)13-27)25(2)11-16-4-6-19(23)7-5-16/h4-7,10,14,17-18,20H,8-9,11-13H2,1-3H3/t17-,18+,20+. The monoisotopic (exact) mass is 429 g/mol. The van der Waals surface area contributed by atoms with E-state index in [0.717, 1.165) is 37.5 Å². The molecule has 7 nitrogen and oxygen atoms in total. The van der Waals surface area contributed by atoms with Crippen LogP contribution in [0.2, 0.25) is 5.02 Å². The molecule has 0 unspecified atom stereocenters. The predicted molar refractivity (Wildman–Crippen MR) is 117 cm³/mol. The third-order valence-electron chi connectivity index (χ3n) is 6.59. The lowest BCUT2D eigenvalue weighted by Crippen LogP contribution is -2.36. The Morgan fingerprint density at radius 1 is 1.13 bits per heavy atom. The van der Waals surface area contributed by atoms with E-state index in [4.69, 9.17) is 11.6 Å². The van der Waals surface area contributed by atoms with Gasteiger partial charge < -0.3 is 9.80 Å². The van der Waals surface area contributed by atoms with Crippen LogP contribution in [-0.4, -0.2) is 64.7 Å². The Labute approximate surface area is 182 Å². The van der Waals surface area contributed by atoms with Gasteiger partial charge in [-0.2, -0.15) is 9.78 Å². The molecule has 2 amide bonds. The second-order valence-electron chi connectivity index (χ2n) is 8.60. The van der Waals surface area contributed by atoms with Crippen molar-refractivity contribution in [3.8, 4) is 0 Å². The summed E-state index contributed by atoms with van der Waals surface area (Å²) >= 11 is 5.98. The maximum Gasteiger partial charge on any atom is 0.344 e. The zero-order chi connectivity index (χ0) is 21.4. The summed E-state index contributed by atoms with van der Waals surface area (Å²) in [5, 5.41) is 4.93. The molecule has 1 saturated heterocycles. The van der Waals surface area contributed by atoms with E-state index in [1.807, 2.05) is 17.0 Å². The van der Waals surface area contributed by atoms with Gasteiger partial charge in [0.2, 0.25) is 5.91 Å². The number of fused-ring (bicyclic) bond motifs is 1. The average Bonchev–Trinajstić information content (AvgIpc) is 3.43. The molecule has 2 aliphatic rings. The minimum absolute atomic E-state index is 0.0912. The number of anilines is 1. The largest absolute Gasteiger partial charge is 0.344 e. The van der Waals surface area contributed by atoms with Crippen molar-refractivity contribution in [2.45, 2.75) is 32.4 Å². The quantitative estimate of drug-likeness (QED) is 0.747. The van der Waals surface area contributed by atoms with Gasteiger partial charge in [-0.3, -0.25) is 9.69 Å². The van der Waals surface area contributed by atoms with Crippen molar-refractivity contribution in [3.05, 3.63) is 47.2 Å². The van der Waals surface area contributed by atoms with Crippen molar-refractivity contribution in [1.82, 2.24) is 19.6 Å². The first-order chi connectivity index (χ1) is 14.3. The number of likely N-dealkylation sites (tertiary alicyclic amines) is 1. The van der Waals surface area contributed by atoms with Crippen LogP contribution in [0.15, 0.2) is 36.7 Å². The Morgan fingerprint density at radius 3 is 2.37 bits per heavy atom. The predicted octanol–water partition coefficient (Wildman–Crippen LogP) is 3.33. The molecular weight excluding hydrogens is 402 g/mol. The summed E-state index contributed by atoms with van der Waals surface area (Å²) in [5.74, 6) is 0.967. The first-order valence-corrected chi connectivity index (χ1v) is 10.7. The van der Waals surface area contributed by atoms with Crippen molar-refractivity contribution in [1.29, 1.82) is 0 Å². The van der Waals surface area contributed by atoms with Crippen LogP contribution >= 0.6 is 11.6 Å². The van der Waals surface area contributed by atoms with Gasteiger partial charge in [0.1, 0.15) is 0 Å². The number of halogens is 1. The van der Waals surface area contributed by atoms with Crippen molar-refractivity contribution in [2.24, 2.45) is 11.8 Å². The molecule has 1 aliphatic heterocycles. The fraction of sp³-hybridized carbons (Fsp3) is 0.500. The van der Waals surface area contributed by atoms with E-state index in [1.54, 1.807) is 19.4 Å². The number of aromatic nitrogens is 2. The Kier molecular flexibility index (Phi) is 5.84. The van der Waals surface area contributed by atoms with Crippen LogP contribution in [0.4, 0.5) is 10.5 Å². The Morgan fingerprint density at radius 2 is 1.77 bits per heavy atom. The molecule has 2 heterocycles. The lowest BCUT2D eigenvalue weighted by molar-refractivity contribution is -0.116. The van der Waals surface area contributed by atoms with Gasteiger partial charge in [0.25, 0.3) is 0 Å². The maximum atomic E-state index is 12.9. The number of benzene rings is 1. The van der Waals surface area contributed by atoms with Crippen LogP contribution in [0.1, 0.15) is 25.3 Å². The van der Waals surface area contributed by atoms with Gasteiger partial charge in [-0.25, -0.2) is 4.79 Å². The molecule has 0 radical (unpaired) electrons. The summed E-state index contributed by atoms with van der Waals surface area (Å²) in [7, 11) is 3.86. The number of hydrogen-bond donors (Lipinski definition) is 0. The van der Waals surface area contributed by atoms with E-state index < -0.39 is 0 Å². The first kappa shape index (κ1) is 20.9. The fourth-order valence-corrected chi connectivity index (χ4v) is 4.83. The highest BCUT2D eigenvalue weighted by Gasteiger charge is 2.43. The molecule has 2 aromatic rings. The molecule has 8 heteroatoms. The minimum Gasteiger partial charge on any atom is -0.322 e. The van der Waals surface area contributed by atoms with Crippen LogP contribution < -0.4 is 4.90 Å². The molecule has 1 aromatic carbocycles. The molecule has 0 N–H and O–H groups in total. The van der Waals surface area contributed by atoms with Crippen molar-refractivity contribution < 1.29 is 9.59 Å². The zero-order valence-corrected chi connectivity index (χ0v) is 18.4. The maximum absolute atomic E-state index is 12.9. The highest BCUT2D eigenvalue weighted by Crippen LogP contribution is 2.40. The number of hydrogen-bond acceptors (Lipinski definition) is 4. The molecule has 3 atom stereocenters. The normalized spacial score (nSPS) is 23.1. The molecule has 30 heavy (non-hydrogen) atoms. The molecule has 1 saturated carbocycles. The Bertz CT molecular complexity index is 914. The van der Waals surface area contributed by atoms with E-state index in [-0.39, 0.29) is 11.9 Å². The lowest BCUT2D eigenvalue weighted by atomic mass is 10.0. The van der Waals surface area contributed by atoms with E-state index in [2.05, 4.69) is 29.2 Å². The van der Waals surface area contributed by atoms with Gasteiger partial charge in [0, 0.05) is 44.7 Å². The summed E-state index contributed by atoms with van der Waals surface area (Å²) in [5.41, 5.74) is 1.89. The van der Waals surface area contributed by atoms with Gasteiger partial charge in [-0.05, 0) is 49.4 Å². The minimum atomic E-state index is -0.112. The number of rotatable bonds is 4. The number of carbonyl (C=O) groups excluding carboxylic acids is 2. The van der Waals surface area contributed by atoms with Gasteiger partial charge in [0.05, 0.1) is 18.1 Å². The SMILES string of the molecule is CC(=O)N(C)c1cnn(C(=O)N2C[C@H]3C[C@H](N(C)Cc4ccc(Cl)cc4)C[C@H]3C2)c1. The molecule has 1 aliphatic carbocycles. The lowest BCUT2D eigenvalue weighted by Gasteiger charge is -2.26. The van der Waals surface area contributed by atoms with E-state index in [0.29, 0.717) is 23.6 Å². The average molecular weight is 430 g/mol. The van der Waals surface area contributed by atoms with E-state index in [1.165, 1.54) is 22.1 Å². The van der Waals surface area contributed by atoms with Gasteiger partial charge >= 0.3 is 6.03 Å². The molecule has 160 valence electrons. The molecular formula is C22H28ClN5O2. The van der Waals surface area contributed by atoms with E-state index >= 15 is 0 Å². The van der Waals surface area contributed by atoms with E-state index in [9.17, 15) is 9.59 Å². The van der Waals surface area contributed by atoms with Crippen molar-refractivity contribution >= 4 is 29.2 Å². The molecule has 4 rings (SSSR count). The van der Waals surface area contributed by atoms with Crippen LogP contribution in [0.25, 0.3) is 0 Å². The third kappa shape index (κ3) is 4.23. The summed E-state index contributed by atoms with van der Waals surface area (Å²) in [6.45, 7) is 3.93. The number of amides is 2. The van der Waals surface area contributed by atoms with Crippen LogP contribution in [0, 0.1) is 11.8 Å². The number of nitrogens with zero attached hydrogens (tertiary/aromatic N) is 5. The third-order valence-corrected chi connectivity index (χ3v) is 6.84.